The van der Waals surface area contributed by atoms with Gasteiger partial charge in [-0.2, -0.15) is 4.31 Å². The van der Waals surface area contributed by atoms with Gasteiger partial charge in [-0.05, 0) is 42.0 Å². The van der Waals surface area contributed by atoms with E-state index in [2.05, 4.69) is 15.5 Å². The molecule has 1 aromatic carbocycles. The SMILES string of the molecule is O=C(Nc1nnc(Cc2ccc3c(c2)OCO3)o1)C1CCCN(S(=O)(=O)c2cccs2)C1. The summed E-state index contributed by atoms with van der Waals surface area (Å²) in [6.07, 6.45) is 1.55. The molecule has 0 spiro atoms. The van der Waals surface area contributed by atoms with Crippen LogP contribution < -0.4 is 14.8 Å². The number of carbonyl (C=O) groups excluding carboxylic acids is 1. The van der Waals surface area contributed by atoms with Crippen molar-refractivity contribution in [1.82, 2.24) is 14.5 Å². The molecule has 0 radical (unpaired) electrons. The summed E-state index contributed by atoms with van der Waals surface area (Å²) in [5.41, 5.74) is 0.900. The van der Waals surface area contributed by atoms with Crippen molar-refractivity contribution in [3.05, 3.63) is 47.2 Å². The van der Waals surface area contributed by atoms with Gasteiger partial charge in [0.1, 0.15) is 4.21 Å². The van der Waals surface area contributed by atoms with Crippen LogP contribution in [0.5, 0.6) is 11.5 Å². The van der Waals surface area contributed by atoms with Crippen LogP contribution in [0.4, 0.5) is 6.01 Å². The Morgan fingerprint density at radius 3 is 2.94 bits per heavy atom. The highest BCUT2D eigenvalue weighted by Gasteiger charge is 2.34. The molecule has 1 fully saturated rings. The van der Waals surface area contributed by atoms with E-state index in [0.29, 0.717) is 43.2 Å². The maximum absolute atomic E-state index is 12.8. The first kappa shape index (κ1) is 20.9. The average molecular weight is 477 g/mol. The number of hydrogen-bond donors (Lipinski definition) is 1. The number of benzene rings is 1. The fraction of sp³-hybridized carbons (Fsp3) is 0.350. The molecular formula is C20H20N4O6S2. The van der Waals surface area contributed by atoms with Crippen LogP contribution in [0.15, 0.2) is 44.3 Å². The Labute approximate surface area is 188 Å². The molecule has 10 nitrogen and oxygen atoms in total. The molecule has 0 aliphatic carbocycles. The van der Waals surface area contributed by atoms with Crippen molar-refractivity contribution in [3.8, 4) is 11.5 Å². The summed E-state index contributed by atoms with van der Waals surface area (Å²) in [5.74, 6) is 0.853. The number of anilines is 1. The standard InChI is InChI=1S/C20H20N4O6S2/c25-19(14-3-1-7-24(11-14)32(26,27)18-4-2-8-31-18)21-20-23-22-17(30-20)10-13-5-6-15-16(9-13)29-12-28-15/h2,4-6,8-9,14H,1,3,7,10-12H2,(H,21,23,25). The number of hydrogen-bond acceptors (Lipinski definition) is 9. The van der Waals surface area contributed by atoms with E-state index in [1.54, 1.807) is 17.5 Å². The van der Waals surface area contributed by atoms with E-state index < -0.39 is 15.9 Å². The molecule has 2 aromatic heterocycles. The van der Waals surface area contributed by atoms with Crippen molar-refractivity contribution in [1.29, 1.82) is 0 Å². The van der Waals surface area contributed by atoms with Gasteiger partial charge < -0.3 is 13.9 Å². The number of carbonyl (C=O) groups is 1. The molecule has 2 aliphatic rings. The van der Waals surface area contributed by atoms with Gasteiger partial charge in [0.05, 0.1) is 12.3 Å². The Kier molecular flexibility index (Phi) is 5.57. The first-order chi connectivity index (χ1) is 15.5. The number of amides is 1. The minimum Gasteiger partial charge on any atom is -0.454 e. The van der Waals surface area contributed by atoms with Gasteiger partial charge in [-0.1, -0.05) is 17.2 Å². The lowest BCUT2D eigenvalue weighted by atomic mass is 9.99. The summed E-state index contributed by atoms with van der Waals surface area (Å²) in [6.45, 7) is 0.706. The monoisotopic (exact) mass is 476 g/mol. The van der Waals surface area contributed by atoms with Crippen molar-refractivity contribution >= 4 is 33.3 Å². The maximum atomic E-state index is 12.8. The Balaban J connectivity index is 1.21. The summed E-state index contributed by atoms with van der Waals surface area (Å²) < 4.78 is 43.4. The topological polar surface area (TPSA) is 124 Å². The smallest absolute Gasteiger partial charge is 0.322 e. The number of aromatic nitrogens is 2. The lowest BCUT2D eigenvalue weighted by Gasteiger charge is -2.30. The van der Waals surface area contributed by atoms with Gasteiger partial charge in [-0.25, -0.2) is 8.42 Å². The number of nitrogens with one attached hydrogen (secondary N) is 1. The highest BCUT2D eigenvalue weighted by Crippen LogP contribution is 2.33. The second-order valence-electron chi connectivity index (χ2n) is 7.49. The van der Waals surface area contributed by atoms with Gasteiger partial charge in [0.15, 0.2) is 11.5 Å². The van der Waals surface area contributed by atoms with Crippen LogP contribution in [-0.4, -0.2) is 48.7 Å². The zero-order chi connectivity index (χ0) is 22.1. The van der Waals surface area contributed by atoms with E-state index in [4.69, 9.17) is 13.9 Å². The van der Waals surface area contributed by atoms with E-state index in [9.17, 15) is 13.2 Å². The first-order valence-electron chi connectivity index (χ1n) is 10.0. The molecule has 32 heavy (non-hydrogen) atoms. The minimum atomic E-state index is -3.59. The summed E-state index contributed by atoms with van der Waals surface area (Å²) >= 11 is 1.17. The highest BCUT2D eigenvalue weighted by molar-refractivity contribution is 7.91. The molecule has 168 valence electrons. The molecule has 2 aliphatic heterocycles. The Hall–Kier alpha value is -2.96. The molecule has 1 amide bonds. The largest absolute Gasteiger partial charge is 0.454 e. The summed E-state index contributed by atoms with van der Waals surface area (Å²) in [6, 6.07) is 8.79. The number of sulfonamides is 1. The molecule has 12 heteroatoms. The molecule has 4 heterocycles. The van der Waals surface area contributed by atoms with Gasteiger partial charge >= 0.3 is 6.01 Å². The van der Waals surface area contributed by atoms with Gasteiger partial charge in [-0.15, -0.1) is 16.4 Å². The average Bonchev–Trinajstić information content (AvgIpc) is 3.56. The zero-order valence-corrected chi connectivity index (χ0v) is 18.5. The Morgan fingerprint density at radius 1 is 1.22 bits per heavy atom. The normalized spacial score (nSPS) is 18.6. The quantitative estimate of drug-likeness (QED) is 0.576. The Morgan fingerprint density at radius 2 is 2.09 bits per heavy atom. The van der Waals surface area contributed by atoms with Crippen LogP contribution in [0, 0.1) is 5.92 Å². The summed E-state index contributed by atoms with van der Waals surface area (Å²) in [7, 11) is -3.59. The fourth-order valence-corrected chi connectivity index (χ4v) is 6.39. The van der Waals surface area contributed by atoms with Crippen LogP contribution in [-0.2, 0) is 21.2 Å². The first-order valence-corrected chi connectivity index (χ1v) is 12.4. The van der Waals surface area contributed by atoms with E-state index >= 15 is 0 Å². The lowest BCUT2D eigenvalue weighted by Crippen LogP contribution is -2.43. The van der Waals surface area contributed by atoms with E-state index in [-0.39, 0.29) is 29.5 Å². The van der Waals surface area contributed by atoms with Crippen molar-refractivity contribution in [2.45, 2.75) is 23.5 Å². The molecule has 0 saturated carbocycles. The van der Waals surface area contributed by atoms with Crippen molar-refractivity contribution in [2.75, 3.05) is 25.2 Å². The predicted molar refractivity (Wildman–Crippen MR) is 114 cm³/mol. The number of thiophene rings is 1. The van der Waals surface area contributed by atoms with Crippen molar-refractivity contribution in [3.63, 3.8) is 0 Å². The number of rotatable bonds is 6. The number of piperidine rings is 1. The summed E-state index contributed by atoms with van der Waals surface area (Å²) in [5, 5.41) is 12.2. The minimum absolute atomic E-state index is 0.0102. The zero-order valence-electron chi connectivity index (χ0n) is 16.9. The molecule has 1 unspecified atom stereocenters. The van der Waals surface area contributed by atoms with E-state index in [1.165, 1.54) is 15.6 Å². The molecule has 5 rings (SSSR count). The van der Waals surface area contributed by atoms with Crippen LogP contribution >= 0.6 is 11.3 Å². The summed E-state index contributed by atoms with van der Waals surface area (Å²) in [4.78, 5) is 12.7. The molecule has 0 bridgehead atoms. The van der Waals surface area contributed by atoms with Crippen LogP contribution in [0.2, 0.25) is 0 Å². The second-order valence-corrected chi connectivity index (χ2v) is 10.6. The third-order valence-corrected chi connectivity index (χ3v) is 8.57. The van der Waals surface area contributed by atoms with Crippen LogP contribution in [0.3, 0.4) is 0 Å². The maximum Gasteiger partial charge on any atom is 0.322 e. The predicted octanol–water partition coefficient (Wildman–Crippen LogP) is 2.49. The van der Waals surface area contributed by atoms with Crippen molar-refractivity contribution in [2.24, 2.45) is 5.92 Å². The molecule has 3 aromatic rings. The fourth-order valence-electron chi connectivity index (χ4n) is 3.72. The van der Waals surface area contributed by atoms with Crippen molar-refractivity contribution < 1.29 is 27.1 Å². The number of fused-ring (bicyclic) bond motifs is 1. The van der Waals surface area contributed by atoms with Crippen LogP contribution in [0.1, 0.15) is 24.3 Å². The van der Waals surface area contributed by atoms with Gasteiger partial charge in [-0.3, -0.25) is 10.1 Å². The number of ether oxygens (including phenoxy) is 2. The van der Waals surface area contributed by atoms with Gasteiger partial charge in [0.25, 0.3) is 10.0 Å². The number of nitrogens with zero attached hydrogens (tertiary/aromatic N) is 3. The molecule has 1 atom stereocenters. The third kappa shape index (κ3) is 4.20. The lowest BCUT2D eigenvalue weighted by molar-refractivity contribution is -0.121. The Bertz CT molecular complexity index is 1220. The third-order valence-electron chi connectivity index (χ3n) is 5.33. The highest BCUT2D eigenvalue weighted by atomic mass is 32.2. The van der Waals surface area contributed by atoms with Crippen LogP contribution in [0.25, 0.3) is 0 Å². The molecule has 1 N–H and O–H groups in total. The van der Waals surface area contributed by atoms with Gasteiger partial charge in [0.2, 0.25) is 18.6 Å². The molecular weight excluding hydrogens is 456 g/mol. The van der Waals surface area contributed by atoms with E-state index in [1.807, 2.05) is 18.2 Å². The van der Waals surface area contributed by atoms with Gasteiger partial charge in [0, 0.05) is 13.1 Å². The van der Waals surface area contributed by atoms with E-state index in [0.717, 1.165) is 5.56 Å². The second kappa shape index (κ2) is 8.52. The molecule has 1 saturated heterocycles.